The summed E-state index contributed by atoms with van der Waals surface area (Å²) in [6.07, 6.45) is 0. The van der Waals surface area contributed by atoms with E-state index in [4.69, 9.17) is 4.74 Å². The molecule has 3 aromatic rings. The van der Waals surface area contributed by atoms with E-state index in [0.717, 1.165) is 5.56 Å². The SMILES string of the molecule is COc1ccc(S(=O)(=O)N2CCN(c3ccccc3F)CC2)cc1NC(=O)c1ccccc1C. The highest BCUT2D eigenvalue weighted by Gasteiger charge is 2.30. The highest BCUT2D eigenvalue weighted by atomic mass is 32.2. The Morgan fingerprint density at radius 3 is 2.32 bits per heavy atom. The van der Waals surface area contributed by atoms with Crippen molar-refractivity contribution in [2.24, 2.45) is 0 Å². The predicted molar refractivity (Wildman–Crippen MR) is 129 cm³/mol. The van der Waals surface area contributed by atoms with Crippen LogP contribution in [0.1, 0.15) is 15.9 Å². The molecule has 1 aliphatic heterocycles. The normalized spacial score (nSPS) is 14.6. The van der Waals surface area contributed by atoms with Crippen LogP contribution in [0, 0.1) is 12.7 Å². The molecule has 1 fully saturated rings. The molecule has 1 heterocycles. The first-order valence-corrected chi connectivity index (χ1v) is 12.3. The molecule has 7 nitrogen and oxygen atoms in total. The summed E-state index contributed by atoms with van der Waals surface area (Å²) in [6.45, 7) is 3.00. The number of rotatable bonds is 6. The molecule has 178 valence electrons. The molecule has 0 aliphatic carbocycles. The Bertz CT molecular complexity index is 1310. The molecule has 1 aliphatic rings. The fraction of sp³-hybridized carbons (Fsp3) is 0.240. The molecule has 9 heteroatoms. The number of para-hydroxylation sites is 1. The van der Waals surface area contributed by atoms with Crippen molar-refractivity contribution in [3.8, 4) is 5.75 Å². The number of hydrogen-bond donors (Lipinski definition) is 1. The van der Waals surface area contributed by atoms with Gasteiger partial charge in [-0.1, -0.05) is 30.3 Å². The lowest BCUT2D eigenvalue weighted by Crippen LogP contribution is -2.48. The first-order chi connectivity index (χ1) is 16.3. The van der Waals surface area contributed by atoms with Crippen molar-refractivity contribution in [1.82, 2.24) is 4.31 Å². The van der Waals surface area contributed by atoms with E-state index in [9.17, 15) is 17.6 Å². The summed E-state index contributed by atoms with van der Waals surface area (Å²) in [5, 5.41) is 2.77. The molecular formula is C25H26FN3O4S. The van der Waals surface area contributed by atoms with Crippen molar-refractivity contribution >= 4 is 27.3 Å². The minimum atomic E-state index is -3.83. The summed E-state index contributed by atoms with van der Waals surface area (Å²) < 4.78 is 47.5. The lowest BCUT2D eigenvalue weighted by atomic mass is 10.1. The van der Waals surface area contributed by atoms with Crippen LogP contribution in [0.25, 0.3) is 0 Å². The molecule has 0 spiro atoms. The van der Waals surface area contributed by atoms with Crippen LogP contribution in [0.2, 0.25) is 0 Å². The minimum Gasteiger partial charge on any atom is -0.495 e. The van der Waals surface area contributed by atoms with E-state index < -0.39 is 10.0 Å². The summed E-state index contributed by atoms with van der Waals surface area (Å²) in [4.78, 5) is 14.7. The van der Waals surface area contributed by atoms with Crippen molar-refractivity contribution in [2.45, 2.75) is 11.8 Å². The Kier molecular flexibility index (Phi) is 6.85. The van der Waals surface area contributed by atoms with Gasteiger partial charge in [0.25, 0.3) is 5.91 Å². The third-order valence-corrected chi connectivity index (χ3v) is 7.77. The number of ether oxygens (including phenoxy) is 1. The zero-order valence-electron chi connectivity index (χ0n) is 19.0. The number of sulfonamides is 1. The van der Waals surface area contributed by atoms with E-state index in [2.05, 4.69) is 5.32 Å². The van der Waals surface area contributed by atoms with Crippen LogP contribution in [-0.2, 0) is 10.0 Å². The van der Waals surface area contributed by atoms with E-state index in [1.807, 2.05) is 24.0 Å². The second-order valence-electron chi connectivity index (χ2n) is 7.97. The van der Waals surface area contributed by atoms with Crippen molar-refractivity contribution in [1.29, 1.82) is 0 Å². The number of carbonyl (C=O) groups excluding carboxylic acids is 1. The van der Waals surface area contributed by atoms with Gasteiger partial charge >= 0.3 is 0 Å². The fourth-order valence-corrected chi connectivity index (χ4v) is 5.44. The second kappa shape index (κ2) is 9.82. The quantitative estimate of drug-likeness (QED) is 0.575. The van der Waals surface area contributed by atoms with Crippen molar-refractivity contribution < 1.29 is 22.3 Å². The Labute approximate surface area is 198 Å². The standard InChI is InChI=1S/C25H26FN3O4S/c1-18-7-3-4-8-20(18)25(30)27-22-17-19(11-12-24(22)33-2)34(31,32)29-15-13-28(14-16-29)23-10-6-5-9-21(23)26/h3-12,17H,13-16H2,1-2H3,(H,27,30). The molecule has 0 aromatic heterocycles. The topological polar surface area (TPSA) is 79.0 Å². The Morgan fingerprint density at radius 2 is 1.65 bits per heavy atom. The van der Waals surface area contributed by atoms with Gasteiger partial charge in [0.15, 0.2) is 0 Å². The number of hydrogen-bond acceptors (Lipinski definition) is 5. The zero-order valence-corrected chi connectivity index (χ0v) is 19.8. The lowest BCUT2D eigenvalue weighted by molar-refractivity contribution is 0.102. The second-order valence-corrected chi connectivity index (χ2v) is 9.91. The summed E-state index contributed by atoms with van der Waals surface area (Å²) in [5.74, 6) is -0.335. The monoisotopic (exact) mass is 483 g/mol. The van der Waals surface area contributed by atoms with E-state index in [1.54, 1.807) is 30.3 Å². The van der Waals surface area contributed by atoms with Gasteiger partial charge in [0, 0.05) is 31.7 Å². The van der Waals surface area contributed by atoms with Crippen molar-refractivity contribution in [2.75, 3.05) is 43.5 Å². The fourth-order valence-electron chi connectivity index (χ4n) is 3.99. The number of piperazine rings is 1. The number of anilines is 2. The number of aryl methyl sites for hydroxylation is 1. The average molecular weight is 484 g/mol. The molecule has 3 aromatic carbocycles. The van der Waals surface area contributed by atoms with E-state index in [1.165, 1.54) is 35.7 Å². The summed E-state index contributed by atoms with van der Waals surface area (Å²) in [7, 11) is -2.37. The number of methoxy groups -OCH3 is 1. The maximum atomic E-state index is 14.1. The molecule has 1 amide bonds. The van der Waals surface area contributed by atoms with Crippen LogP contribution < -0.4 is 15.0 Å². The first-order valence-electron chi connectivity index (χ1n) is 10.9. The predicted octanol–water partition coefficient (Wildman–Crippen LogP) is 3.91. The van der Waals surface area contributed by atoms with E-state index >= 15 is 0 Å². The first kappa shape index (κ1) is 23.7. The Morgan fingerprint density at radius 1 is 0.971 bits per heavy atom. The summed E-state index contributed by atoms with van der Waals surface area (Å²) >= 11 is 0. The van der Waals surface area contributed by atoms with Crippen LogP contribution in [-0.4, -0.2) is 51.9 Å². The zero-order chi connectivity index (χ0) is 24.3. The third kappa shape index (κ3) is 4.76. The Balaban J connectivity index is 1.54. The van der Waals surface area contributed by atoms with E-state index in [-0.39, 0.29) is 35.4 Å². The summed E-state index contributed by atoms with van der Waals surface area (Å²) in [5.41, 5.74) is 2.02. The average Bonchev–Trinajstić information content (AvgIpc) is 2.84. The number of amides is 1. The Hall–Kier alpha value is -3.43. The molecule has 0 bridgehead atoms. The molecule has 0 radical (unpaired) electrons. The van der Waals surface area contributed by atoms with Crippen LogP contribution in [0.15, 0.2) is 71.6 Å². The van der Waals surface area contributed by atoms with Crippen molar-refractivity contribution in [3.05, 3.63) is 83.7 Å². The van der Waals surface area contributed by atoms with Crippen LogP contribution in [0.3, 0.4) is 0 Å². The lowest BCUT2D eigenvalue weighted by Gasteiger charge is -2.35. The van der Waals surface area contributed by atoms with Gasteiger partial charge in [-0.15, -0.1) is 0 Å². The van der Waals surface area contributed by atoms with Gasteiger partial charge in [-0.05, 0) is 48.9 Å². The van der Waals surface area contributed by atoms with Gasteiger partial charge < -0.3 is 15.0 Å². The number of carbonyl (C=O) groups is 1. The molecule has 4 rings (SSSR count). The number of nitrogens with one attached hydrogen (secondary N) is 1. The highest BCUT2D eigenvalue weighted by molar-refractivity contribution is 7.89. The van der Waals surface area contributed by atoms with Crippen LogP contribution in [0.5, 0.6) is 5.75 Å². The van der Waals surface area contributed by atoms with Gasteiger partial charge in [0.1, 0.15) is 11.6 Å². The molecule has 1 N–H and O–H groups in total. The summed E-state index contributed by atoms with van der Waals surface area (Å²) in [6, 6.07) is 18.0. The molecule has 0 unspecified atom stereocenters. The van der Waals surface area contributed by atoms with Gasteiger partial charge in [-0.25, -0.2) is 12.8 Å². The molecule has 34 heavy (non-hydrogen) atoms. The van der Waals surface area contributed by atoms with Crippen LogP contribution >= 0.6 is 0 Å². The third-order valence-electron chi connectivity index (χ3n) is 5.88. The highest BCUT2D eigenvalue weighted by Crippen LogP contribution is 2.30. The largest absolute Gasteiger partial charge is 0.495 e. The number of halogens is 1. The molecule has 1 saturated heterocycles. The molecule has 0 saturated carbocycles. The minimum absolute atomic E-state index is 0.0488. The maximum Gasteiger partial charge on any atom is 0.256 e. The number of benzene rings is 3. The molecule has 0 atom stereocenters. The smallest absolute Gasteiger partial charge is 0.256 e. The van der Waals surface area contributed by atoms with Gasteiger partial charge in [-0.3, -0.25) is 4.79 Å². The number of nitrogens with zero attached hydrogens (tertiary/aromatic N) is 2. The van der Waals surface area contributed by atoms with Crippen LogP contribution in [0.4, 0.5) is 15.8 Å². The molecular weight excluding hydrogens is 457 g/mol. The van der Waals surface area contributed by atoms with Gasteiger partial charge in [0.2, 0.25) is 10.0 Å². The van der Waals surface area contributed by atoms with Gasteiger partial charge in [0.05, 0.1) is 23.4 Å². The van der Waals surface area contributed by atoms with Gasteiger partial charge in [-0.2, -0.15) is 4.31 Å². The van der Waals surface area contributed by atoms with E-state index in [0.29, 0.717) is 30.1 Å². The maximum absolute atomic E-state index is 14.1. The van der Waals surface area contributed by atoms with Crippen molar-refractivity contribution in [3.63, 3.8) is 0 Å².